The van der Waals surface area contributed by atoms with Crippen LogP contribution in [0.5, 0.6) is 0 Å². The maximum atomic E-state index is 12.7. The molecule has 2 amide bonds. The third-order valence-electron chi connectivity index (χ3n) is 4.83. The second-order valence-corrected chi connectivity index (χ2v) is 8.23. The van der Waals surface area contributed by atoms with Crippen LogP contribution >= 0.6 is 15.9 Å². The summed E-state index contributed by atoms with van der Waals surface area (Å²) in [5.41, 5.74) is 2.91. The number of hydrogen-bond donors (Lipinski definition) is 2. The van der Waals surface area contributed by atoms with Crippen LogP contribution in [0.15, 0.2) is 76.1 Å². The molecule has 2 N–H and O–H groups in total. The van der Waals surface area contributed by atoms with Crippen LogP contribution < -0.4 is 16.3 Å². The molecule has 0 aliphatic heterocycles. The standard InChI is InChI=1S/C23H20BrN5O3/c1-15-2-4-16(5-3-15)12-25-22(31)17-6-11-20-27-29(23(32)28(20)13-17)14-21(30)26-19-9-7-18(24)8-10-19/h2-11,13H,12,14H2,1H3,(H,25,31)(H,26,30). The van der Waals surface area contributed by atoms with E-state index < -0.39 is 5.69 Å². The zero-order valence-electron chi connectivity index (χ0n) is 17.2. The van der Waals surface area contributed by atoms with Crippen LogP contribution in [0.3, 0.4) is 0 Å². The zero-order chi connectivity index (χ0) is 22.7. The number of amides is 2. The van der Waals surface area contributed by atoms with Crippen molar-refractivity contribution in [1.29, 1.82) is 0 Å². The Kier molecular flexibility index (Phi) is 6.18. The molecule has 0 saturated heterocycles. The van der Waals surface area contributed by atoms with Gasteiger partial charge < -0.3 is 10.6 Å². The molecule has 0 atom stereocenters. The third-order valence-corrected chi connectivity index (χ3v) is 5.36. The summed E-state index contributed by atoms with van der Waals surface area (Å²) in [7, 11) is 0. The number of pyridine rings is 1. The van der Waals surface area contributed by atoms with Gasteiger partial charge in [0, 0.05) is 22.9 Å². The van der Waals surface area contributed by atoms with E-state index in [1.165, 1.54) is 10.6 Å². The van der Waals surface area contributed by atoms with Crippen LogP contribution in [-0.2, 0) is 17.9 Å². The summed E-state index contributed by atoms with van der Waals surface area (Å²) in [6.45, 7) is 2.13. The largest absolute Gasteiger partial charge is 0.350 e. The predicted octanol–water partition coefficient (Wildman–Crippen LogP) is 3.14. The Morgan fingerprint density at radius 1 is 1.00 bits per heavy atom. The molecule has 0 bridgehead atoms. The highest BCUT2D eigenvalue weighted by Gasteiger charge is 2.13. The van der Waals surface area contributed by atoms with Gasteiger partial charge in [-0.15, -0.1) is 5.10 Å². The average Bonchev–Trinajstić information content (AvgIpc) is 3.09. The van der Waals surface area contributed by atoms with Gasteiger partial charge in [-0.3, -0.25) is 9.59 Å². The monoisotopic (exact) mass is 493 g/mol. The Labute approximate surface area is 192 Å². The molecule has 4 aromatic rings. The SMILES string of the molecule is Cc1ccc(CNC(=O)c2ccc3nn(CC(=O)Nc4ccc(Br)cc4)c(=O)n3c2)cc1. The van der Waals surface area contributed by atoms with Gasteiger partial charge in [-0.2, -0.15) is 0 Å². The number of rotatable bonds is 6. The van der Waals surface area contributed by atoms with Crippen molar-refractivity contribution in [3.05, 3.63) is 98.5 Å². The number of aromatic nitrogens is 3. The highest BCUT2D eigenvalue weighted by atomic mass is 79.9. The fourth-order valence-corrected chi connectivity index (χ4v) is 3.38. The van der Waals surface area contributed by atoms with Crippen molar-refractivity contribution in [2.75, 3.05) is 5.32 Å². The molecule has 8 nitrogen and oxygen atoms in total. The molecule has 0 aliphatic rings. The third kappa shape index (κ3) is 4.94. The summed E-state index contributed by atoms with van der Waals surface area (Å²) in [5, 5.41) is 9.74. The Bertz CT molecular complexity index is 1340. The summed E-state index contributed by atoms with van der Waals surface area (Å²) in [6, 6.07) is 18.1. The second-order valence-electron chi connectivity index (χ2n) is 7.31. The number of fused-ring (bicyclic) bond motifs is 1. The minimum absolute atomic E-state index is 0.245. The van der Waals surface area contributed by atoms with Gasteiger partial charge in [-0.1, -0.05) is 45.8 Å². The van der Waals surface area contributed by atoms with Crippen molar-refractivity contribution < 1.29 is 9.59 Å². The van der Waals surface area contributed by atoms with Crippen LogP contribution in [0.1, 0.15) is 21.5 Å². The first kappa shape index (κ1) is 21.5. The van der Waals surface area contributed by atoms with E-state index in [0.717, 1.165) is 20.3 Å². The molecule has 162 valence electrons. The lowest BCUT2D eigenvalue weighted by Gasteiger charge is -2.06. The number of aryl methyl sites for hydroxylation is 1. The lowest BCUT2D eigenvalue weighted by molar-refractivity contribution is -0.117. The first-order chi connectivity index (χ1) is 15.4. The smallest absolute Gasteiger partial charge is 0.348 e. The Morgan fingerprint density at radius 3 is 2.44 bits per heavy atom. The van der Waals surface area contributed by atoms with E-state index in [1.54, 1.807) is 36.4 Å². The number of benzene rings is 2. The Hall–Kier alpha value is -3.72. The molecule has 0 saturated carbocycles. The second kappa shape index (κ2) is 9.19. The molecule has 0 fully saturated rings. The number of nitrogens with zero attached hydrogens (tertiary/aromatic N) is 3. The van der Waals surface area contributed by atoms with Gasteiger partial charge in [0.25, 0.3) is 5.91 Å². The molecule has 0 radical (unpaired) electrons. The lowest BCUT2D eigenvalue weighted by atomic mass is 10.1. The van der Waals surface area contributed by atoms with E-state index in [9.17, 15) is 14.4 Å². The fraction of sp³-hybridized carbons (Fsp3) is 0.130. The Balaban J connectivity index is 1.46. The molecule has 32 heavy (non-hydrogen) atoms. The molecule has 0 aliphatic carbocycles. The first-order valence-electron chi connectivity index (χ1n) is 9.87. The van der Waals surface area contributed by atoms with Crippen molar-refractivity contribution in [3.8, 4) is 0 Å². The molecule has 0 unspecified atom stereocenters. The molecule has 2 heterocycles. The number of anilines is 1. The molecule has 0 spiro atoms. The van der Waals surface area contributed by atoms with Gasteiger partial charge >= 0.3 is 5.69 Å². The first-order valence-corrected chi connectivity index (χ1v) is 10.7. The lowest BCUT2D eigenvalue weighted by Crippen LogP contribution is -2.28. The summed E-state index contributed by atoms with van der Waals surface area (Å²) < 4.78 is 3.22. The predicted molar refractivity (Wildman–Crippen MR) is 125 cm³/mol. The topological polar surface area (TPSA) is 97.5 Å². The van der Waals surface area contributed by atoms with Crippen LogP contribution in [-0.4, -0.2) is 26.0 Å². The fourth-order valence-electron chi connectivity index (χ4n) is 3.12. The Morgan fingerprint density at radius 2 is 1.72 bits per heavy atom. The average molecular weight is 494 g/mol. The van der Waals surface area contributed by atoms with Gasteiger partial charge in [-0.05, 0) is 48.9 Å². The van der Waals surface area contributed by atoms with Crippen molar-refractivity contribution in [3.63, 3.8) is 0 Å². The van der Waals surface area contributed by atoms with Crippen LogP contribution in [0.4, 0.5) is 5.69 Å². The summed E-state index contributed by atoms with van der Waals surface area (Å²) in [5.74, 6) is -0.686. The summed E-state index contributed by atoms with van der Waals surface area (Å²) in [6.07, 6.45) is 1.43. The van der Waals surface area contributed by atoms with Crippen molar-refractivity contribution in [2.45, 2.75) is 20.0 Å². The van der Waals surface area contributed by atoms with E-state index >= 15 is 0 Å². The van der Waals surface area contributed by atoms with E-state index in [2.05, 4.69) is 31.7 Å². The molecular weight excluding hydrogens is 474 g/mol. The molecular formula is C23H20BrN5O3. The zero-order valence-corrected chi connectivity index (χ0v) is 18.8. The van der Waals surface area contributed by atoms with Crippen LogP contribution in [0.2, 0.25) is 0 Å². The minimum Gasteiger partial charge on any atom is -0.348 e. The van der Waals surface area contributed by atoms with E-state index in [0.29, 0.717) is 23.4 Å². The van der Waals surface area contributed by atoms with Crippen molar-refractivity contribution >= 4 is 39.1 Å². The van der Waals surface area contributed by atoms with Gasteiger partial charge in [0.15, 0.2) is 5.65 Å². The maximum absolute atomic E-state index is 12.7. The molecule has 2 aromatic carbocycles. The minimum atomic E-state index is -0.501. The number of carbonyl (C=O) groups excluding carboxylic acids is 2. The normalized spacial score (nSPS) is 10.8. The van der Waals surface area contributed by atoms with Crippen molar-refractivity contribution in [2.24, 2.45) is 0 Å². The van der Waals surface area contributed by atoms with Crippen LogP contribution in [0.25, 0.3) is 5.65 Å². The highest BCUT2D eigenvalue weighted by Crippen LogP contribution is 2.14. The quantitative estimate of drug-likeness (QED) is 0.431. The van der Waals surface area contributed by atoms with Crippen molar-refractivity contribution in [1.82, 2.24) is 19.5 Å². The number of carbonyl (C=O) groups is 2. The van der Waals surface area contributed by atoms with Gasteiger partial charge in [0.1, 0.15) is 6.54 Å². The maximum Gasteiger partial charge on any atom is 0.350 e. The highest BCUT2D eigenvalue weighted by molar-refractivity contribution is 9.10. The van der Waals surface area contributed by atoms with E-state index in [4.69, 9.17) is 0 Å². The molecule has 2 aromatic heterocycles. The van der Waals surface area contributed by atoms with Gasteiger partial charge in [0.2, 0.25) is 5.91 Å². The van der Waals surface area contributed by atoms with E-state index in [-0.39, 0.29) is 18.4 Å². The van der Waals surface area contributed by atoms with Gasteiger partial charge in [0.05, 0.1) is 5.56 Å². The molecule has 9 heteroatoms. The van der Waals surface area contributed by atoms with Crippen LogP contribution in [0, 0.1) is 6.92 Å². The van der Waals surface area contributed by atoms with Gasteiger partial charge in [-0.25, -0.2) is 13.9 Å². The number of hydrogen-bond acceptors (Lipinski definition) is 4. The number of nitrogens with one attached hydrogen (secondary N) is 2. The summed E-state index contributed by atoms with van der Waals surface area (Å²) >= 11 is 3.34. The number of halogens is 1. The van der Waals surface area contributed by atoms with E-state index in [1.807, 2.05) is 31.2 Å². The molecule has 4 rings (SSSR count). The summed E-state index contributed by atoms with van der Waals surface area (Å²) in [4.78, 5) is 37.5.